The molecule has 0 heterocycles. The lowest BCUT2D eigenvalue weighted by molar-refractivity contribution is 0.454. The van der Waals surface area contributed by atoms with E-state index in [-0.39, 0.29) is 23.3 Å². The zero-order chi connectivity index (χ0) is 29.3. The number of hydrogen-bond acceptors (Lipinski definition) is 6. The van der Waals surface area contributed by atoms with Gasteiger partial charge in [-0.15, -0.1) is 0 Å². The third-order valence-electron chi connectivity index (χ3n) is 6.72. The quantitative estimate of drug-likeness (QED) is 0.260. The number of benzene rings is 2. The van der Waals surface area contributed by atoms with Gasteiger partial charge in [-0.1, -0.05) is 54.4 Å². The smallest absolute Gasteiger partial charge is 0.226 e. The van der Waals surface area contributed by atoms with Crippen LogP contribution in [-0.2, 0) is 22.7 Å². The molecule has 0 spiro atoms. The van der Waals surface area contributed by atoms with Gasteiger partial charge in [0.1, 0.15) is 23.6 Å². The second-order valence-electron chi connectivity index (χ2n) is 10.5. The molecule has 7 heteroatoms. The molecule has 0 saturated carbocycles. The van der Waals surface area contributed by atoms with Gasteiger partial charge in [0.2, 0.25) is 9.84 Å². The number of phenols is 2. The summed E-state index contributed by atoms with van der Waals surface area (Å²) in [5.74, 6) is 0.347. The number of allylic oxidation sites excluding steroid dienone is 2. The summed E-state index contributed by atoms with van der Waals surface area (Å²) >= 11 is 0. The van der Waals surface area contributed by atoms with E-state index >= 15 is 0 Å². The molecule has 0 radical (unpaired) electrons. The maximum absolute atomic E-state index is 13.5. The van der Waals surface area contributed by atoms with E-state index in [2.05, 4.69) is 13.8 Å². The summed E-state index contributed by atoms with van der Waals surface area (Å²) in [6.45, 7) is 11.8. The molecule has 208 valence electrons. The van der Waals surface area contributed by atoms with Crippen molar-refractivity contribution in [3.8, 4) is 23.6 Å². The molecule has 2 aromatic rings. The van der Waals surface area contributed by atoms with E-state index in [0.29, 0.717) is 46.2 Å². The lowest BCUT2D eigenvalue weighted by atomic mass is 9.91. The van der Waals surface area contributed by atoms with Gasteiger partial charge in [-0.25, -0.2) is 8.42 Å². The summed E-state index contributed by atoms with van der Waals surface area (Å²) in [4.78, 5) is -1.10. The highest BCUT2D eigenvalue weighted by Crippen LogP contribution is 2.36. The number of nitrogens with zero attached hydrogens (tertiary/aromatic N) is 2. The molecule has 0 saturated heterocycles. The topological polar surface area (TPSA) is 122 Å². The minimum Gasteiger partial charge on any atom is -0.507 e. The normalized spacial score (nSPS) is 12.6. The molecule has 0 amide bonds. The number of aryl methyl sites for hydroxylation is 2. The first-order valence-corrected chi connectivity index (χ1v) is 15.1. The van der Waals surface area contributed by atoms with E-state index in [1.807, 2.05) is 27.7 Å². The molecular weight excluding hydrogens is 508 g/mol. The second kappa shape index (κ2) is 14.0. The minimum absolute atomic E-state index is 0.0223. The van der Waals surface area contributed by atoms with Crippen molar-refractivity contribution >= 4 is 22.0 Å². The molecule has 0 aliphatic rings. The fourth-order valence-electron chi connectivity index (χ4n) is 4.41. The summed E-state index contributed by atoms with van der Waals surface area (Å²) in [6, 6.07) is 10.3. The Balaban J connectivity index is 2.68. The Morgan fingerprint density at radius 1 is 0.769 bits per heavy atom. The molecule has 6 nitrogen and oxygen atoms in total. The molecule has 0 unspecified atom stereocenters. The summed E-state index contributed by atoms with van der Waals surface area (Å²) in [6.07, 6.45) is 7.41. The van der Waals surface area contributed by atoms with Crippen molar-refractivity contribution in [1.29, 1.82) is 10.5 Å². The van der Waals surface area contributed by atoms with Crippen LogP contribution in [0.25, 0.3) is 12.2 Å². The molecule has 0 aliphatic heterocycles. The van der Waals surface area contributed by atoms with Crippen molar-refractivity contribution < 1.29 is 18.6 Å². The number of hydrogen-bond donors (Lipinski definition) is 2. The maximum Gasteiger partial charge on any atom is 0.226 e. The van der Waals surface area contributed by atoms with Gasteiger partial charge in [0.25, 0.3) is 0 Å². The van der Waals surface area contributed by atoms with Gasteiger partial charge in [0.15, 0.2) is 9.81 Å². The van der Waals surface area contributed by atoms with Crippen LogP contribution in [0.5, 0.6) is 11.5 Å². The van der Waals surface area contributed by atoms with E-state index < -0.39 is 19.6 Å². The van der Waals surface area contributed by atoms with Gasteiger partial charge in [-0.05, 0) is 107 Å². The van der Waals surface area contributed by atoms with E-state index in [0.717, 1.165) is 25.7 Å². The van der Waals surface area contributed by atoms with Crippen LogP contribution in [0.4, 0.5) is 0 Å². The van der Waals surface area contributed by atoms with Crippen molar-refractivity contribution in [1.82, 2.24) is 0 Å². The Morgan fingerprint density at radius 3 is 1.49 bits per heavy atom. The number of sulfone groups is 1. The van der Waals surface area contributed by atoms with Crippen molar-refractivity contribution in [2.45, 2.75) is 91.9 Å². The first-order chi connectivity index (χ1) is 18.4. The van der Waals surface area contributed by atoms with Crippen LogP contribution in [-0.4, -0.2) is 18.6 Å². The largest absolute Gasteiger partial charge is 0.507 e. The van der Waals surface area contributed by atoms with E-state index in [4.69, 9.17) is 0 Å². The highest BCUT2D eigenvalue weighted by atomic mass is 32.2. The Morgan fingerprint density at radius 2 is 1.15 bits per heavy atom. The maximum atomic E-state index is 13.5. The molecule has 0 aromatic heterocycles. The summed E-state index contributed by atoms with van der Waals surface area (Å²) in [5.41, 5.74) is 3.70. The molecule has 2 aromatic carbocycles. The monoisotopic (exact) mass is 548 g/mol. The van der Waals surface area contributed by atoms with E-state index in [9.17, 15) is 29.2 Å². The van der Waals surface area contributed by atoms with Crippen LogP contribution in [0.2, 0.25) is 0 Å². The molecular formula is C32H40N2O4S. The fraction of sp³-hybridized carbons (Fsp3) is 0.438. The number of rotatable bonds is 12. The summed E-state index contributed by atoms with van der Waals surface area (Å²) < 4.78 is 27.0. The van der Waals surface area contributed by atoms with Crippen molar-refractivity contribution in [2.24, 2.45) is 0 Å². The van der Waals surface area contributed by atoms with Gasteiger partial charge >= 0.3 is 0 Å². The van der Waals surface area contributed by atoms with Gasteiger partial charge in [-0.2, -0.15) is 10.5 Å². The Hall–Kier alpha value is -3.55. The molecule has 0 fully saturated rings. The standard InChI is InChI=1S/C32H40N2O4S/c1-7-9-11-25-13-23(14-26(31(25)35)12-10-8-2)15-27(19-33)39(37,38)28(20-34)16-24-17-29(21(3)4)32(36)30(18-24)22(5)6/h13-18,21-22,35-36H,7-12H2,1-6H3. The Labute approximate surface area is 233 Å². The number of aromatic hydroxyl groups is 2. The summed E-state index contributed by atoms with van der Waals surface area (Å²) in [7, 11) is -4.43. The van der Waals surface area contributed by atoms with E-state index in [1.165, 1.54) is 12.2 Å². The predicted molar refractivity (Wildman–Crippen MR) is 158 cm³/mol. The second-order valence-corrected chi connectivity index (χ2v) is 12.4. The average Bonchev–Trinajstić information content (AvgIpc) is 2.89. The van der Waals surface area contributed by atoms with Gasteiger partial charge in [0, 0.05) is 0 Å². The Bertz CT molecular complexity index is 1380. The highest BCUT2D eigenvalue weighted by molar-refractivity contribution is 7.99. The zero-order valence-corrected chi connectivity index (χ0v) is 24.7. The van der Waals surface area contributed by atoms with Gasteiger partial charge in [-0.3, -0.25) is 0 Å². The SMILES string of the molecule is CCCCc1cc(C=C(C#N)S(=O)(=O)C(C#N)=Cc2cc(C(C)C)c(O)c(C(C)C)c2)cc(CCCC)c1O. The van der Waals surface area contributed by atoms with Crippen molar-refractivity contribution in [2.75, 3.05) is 0 Å². The molecule has 0 bridgehead atoms. The van der Waals surface area contributed by atoms with Gasteiger partial charge in [0.05, 0.1) is 0 Å². The molecule has 39 heavy (non-hydrogen) atoms. The first-order valence-electron chi connectivity index (χ1n) is 13.6. The number of nitriles is 2. The fourth-order valence-corrected chi connectivity index (χ4v) is 5.47. The van der Waals surface area contributed by atoms with Crippen molar-refractivity contribution in [3.63, 3.8) is 0 Å². The molecule has 0 aliphatic carbocycles. The van der Waals surface area contributed by atoms with Gasteiger partial charge < -0.3 is 10.2 Å². The lowest BCUT2D eigenvalue weighted by Gasteiger charge is -2.16. The van der Waals surface area contributed by atoms with Crippen LogP contribution >= 0.6 is 0 Å². The highest BCUT2D eigenvalue weighted by Gasteiger charge is 2.25. The number of unbranched alkanes of at least 4 members (excludes halogenated alkanes) is 2. The van der Waals surface area contributed by atoms with Crippen LogP contribution < -0.4 is 0 Å². The first kappa shape index (κ1) is 31.7. The zero-order valence-electron chi connectivity index (χ0n) is 23.9. The Kier molecular flexibility index (Phi) is 11.4. The minimum atomic E-state index is -4.43. The molecule has 0 atom stereocenters. The van der Waals surface area contributed by atoms with Crippen LogP contribution in [0.15, 0.2) is 34.1 Å². The average molecular weight is 549 g/mol. The van der Waals surface area contributed by atoms with Crippen molar-refractivity contribution in [3.05, 3.63) is 67.5 Å². The van der Waals surface area contributed by atoms with E-state index in [1.54, 1.807) is 36.4 Å². The predicted octanol–water partition coefficient (Wildman–Crippen LogP) is 7.87. The van der Waals surface area contributed by atoms with Crippen LogP contribution in [0.3, 0.4) is 0 Å². The third kappa shape index (κ3) is 7.74. The van der Waals surface area contributed by atoms with Crippen LogP contribution in [0, 0.1) is 22.7 Å². The lowest BCUT2D eigenvalue weighted by Crippen LogP contribution is -2.06. The van der Waals surface area contributed by atoms with Crippen LogP contribution in [0.1, 0.15) is 112 Å². The summed E-state index contributed by atoms with van der Waals surface area (Å²) in [5, 5.41) is 41.2. The molecule has 2 N–H and O–H groups in total. The third-order valence-corrected chi connectivity index (χ3v) is 8.30. The number of phenolic OH excluding ortho intramolecular Hbond substituents is 2. The molecule has 2 rings (SSSR count).